The standard InChI is InChI=1S/C26H27F3N2O4/c27-26(28,29)21-3-1-2-4-22(21)31-19-8-5-17(6-9-19)15-30-24(34)25(11-12-35-16-25)14-23(33)18-7-10-20(32)13-18/h1-6,8-9,18,31H,7,10-16H2,(H,30,34)/t18?,25-/m0/s1. The van der Waals surface area contributed by atoms with Crippen LogP contribution < -0.4 is 10.6 Å². The van der Waals surface area contributed by atoms with Crippen molar-refractivity contribution in [2.24, 2.45) is 11.3 Å². The van der Waals surface area contributed by atoms with Gasteiger partial charge in [-0.2, -0.15) is 13.2 Å². The highest BCUT2D eigenvalue weighted by Crippen LogP contribution is 2.37. The average Bonchev–Trinajstić information content (AvgIpc) is 3.48. The summed E-state index contributed by atoms with van der Waals surface area (Å²) in [7, 11) is 0. The van der Waals surface area contributed by atoms with Crippen LogP contribution in [0, 0.1) is 11.3 Å². The maximum absolute atomic E-state index is 13.2. The summed E-state index contributed by atoms with van der Waals surface area (Å²) in [6.45, 7) is 0.757. The highest BCUT2D eigenvalue weighted by molar-refractivity contribution is 5.95. The molecule has 35 heavy (non-hydrogen) atoms. The molecule has 1 heterocycles. The van der Waals surface area contributed by atoms with Crippen molar-refractivity contribution in [1.29, 1.82) is 0 Å². The number of amides is 1. The van der Waals surface area contributed by atoms with Crippen LogP contribution in [-0.2, 0) is 31.8 Å². The van der Waals surface area contributed by atoms with E-state index in [0.717, 1.165) is 11.6 Å². The number of halogens is 3. The van der Waals surface area contributed by atoms with E-state index in [2.05, 4.69) is 10.6 Å². The van der Waals surface area contributed by atoms with Gasteiger partial charge in [-0.15, -0.1) is 0 Å². The molecule has 186 valence electrons. The fraction of sp³-hybridized carbons (Fsp3) is 0.423. The SMILES string of the molecule is O=C1CCC(C(=O)C[C@@]2(C(=O)NCc3ccc(Nc4ccccc4C(F)(F)F)cc3)CCOC2)C1. The molecule has 1 saturated carbocycles. The van der Waals surface area contributed by atoms with Crippen LogP contribution in [0.5, 0.6) is 0 Å². The summed E-state index contributed by atoms with van der Waals surface area (Å²) in [5, 5.41) is 5.67. The molecule has 6 nitrogen and oxygen atoms in total. The molecule has 0 bridgehead atoms. The summed E-state index contributed by atoms with van der Waals surface area (Å²) < 4.78 is 45.1. The molecule has 0 radical (unpaired) electrons. The fourth-order valence-electron chi connectivity index (χ4n) is 4.64. The van der Waals surface area contributed by atoms with Crippen molar-refractivity contribution in [3.8, 4) is 0 Å². The second kappa shape index (κ2) is 10.2. The summed E-state index contributed by atoms with van der Waals surface area (Å²) in [4.78, 5) is 37.3. The van der Waals surface area contributed by atoms with Gasteiger partial charge in [0.25, 0.3) is 0 Å². The molecule has 1 aliphatic heterocycles. The van der Waals surface area contributed by atoms with E-state index in [4.69, 9.17) is 4.74 Å². The Hall–Kier alpha value is -3.20. The number of carbonyl (C=O) groups is 3. The lowest BCUT2D eigenvalue weighted by molar-refractivity contribution is -0.137. The van der Waals surface area contributed by atoms with Crippen molar-refractivity contribution in [2.75, 3.05) is 18.5 Å². The third-order valence-corrected chi connectivity index (χ3v) is 6.72. The lowest BCUT2D eigenvalue weighted by atomic mass is 9.78. The van der Waals surface area contributed by atoms with Gasteiger partial charge in [0.2, 0.25) is 5.91 Å². The lowest BCUT2D eigenvalue weighted by Crippen LogP contribution is -2.43. The Morgan fingerprint density at radius 2 is 1.83 bits per heavy atom. The van der Waals surface area contributed by atoms with Crippen molar-refractivity contribution in [2.45, 2.75) is 44.8 Å². The molecule has 2 aromatic rings. The Bertz CT molecular complexity index is 1090. The van der Waals surface area contributed by atoms with E-state index in [1.54, 1.807) is 24.3 Å². The normalized spacial score (nSPS) is 22.3. The zero-order valence-electron chi connectivity index (χ0n) is 19.1. The van der Waals surface area contributed by atoms with Crippen molar-refractivity contribution in [3.63, 3.8) is 0 Å². The Kier molecular flexibility index (Phi) is 7.25. The number of hydrogen-bond donors (Lipinski definition) is 2. The van der Waals surface area contributed by atoms with Crippen molar-refractivity contribution in [1.82, 2.24) is 5.32 Å². The first kappa shape index (κ1) is 24.9. The summed E-state index contributed by atoms with van der Waals surface area (Å²) in [5.41, 5.74) is -0.496. The molecule has 2 atom stereocenters. The second-order valence-electron chi connectivity index (χ2n) is 9.25. The third kappa shape index (κ3) is 5.90. The second-order valence-corrected chi connectivity index (χ2v) is 9.25. The highest BCUT2D eigenvalue weighted by Gasteiger charge is 2.45. The maximum Gasteiger partial charge on any atom is 0.418 e. The van der Waals surface area contributed by atoms with E-state index in [-0.39, 0.29) is 55.1 Å². The molecule has 2 aromatic carbocycles. The summed E-state index contributed by atoms with van der Waals surface area (Å²) in [6, 6.07) is 12.0. The molecule has 1 unspecified atom stereocenters. The molecule has 9 heteroatoms. The molecular formula is C26H27F3N2O4. The van der Waals surface area contributed by atoms with Gasteiger partial charge in [-0.1, -0.05) is 24.3 Å². The van der Waals surface area contributed by atoms with Gasteiger partial charge in [-0.25, -0.2) is 0 Å². The lowest BCUT2D eigenvalue weighted by Gasteiger charge is -2.26. The number of anilines is 2. The number of benzene rings is 2. The molecule has 1 aliphatic carbocycles. The maximum atomic E-state index is 13.2. The third-order valence-electron chi connectivity index (χ3n) is 6.72. The topological polar surface area (TPSA) is 84.5 Å². The zero-order chi connectivity index (χ0) is 25.1. The predicted octanol–water partition coefficient (Wildman–Crippen LogP) is 4.80. The Morgan fingerprint density at radius 1 is 1.09 bits per heavy atom. The van der Waals surface area contributed by atoms with Gasteiger partial charge in [0.05, 0.1) is 23.3 Å². The van der Waals surface area contributed by atoms with Crippen LogP contribution in [0.2, 0.25) is 0 Å². The first-order valence-corrected chi connectivity index (χ1v) is 11.6. The van der Waals surface area contributed by atoms with E-state index in [0.29, 0.717) is 31.6 Å². The number of alkyl halides is 3. The summed E-state index contributed by atoms with van der Waals surface area (Å²) >= 11 is 0. The number of ether oxygens (including phenoxy) is 1. The molecule has 0 aromatic heterocycles. The molecular weight excluding hydrogens is 461 g/mol. The predicted molar refractivity (Wildman–Crippen MR) is 123 cm³/mol. The van der Waals surface area contributed by atoms with Crippen molar-refractivity contribution < 1.29 is 32.3 Å². The number of hydrogen-bond acceptors (Lipinski definition) is 5. The van der Waals surface area contributed by atoms with Crippen LogP contribution in [0.1, 0.15) is 43.2 Å². The summed E-state index contributed by atoms with van der Waals surface area (Å²) in [5.74, 6) is -0.556. The molecule has 1 amide bonds. The molecule has 1 saturated heterocycles. The highest BCUT2D eigenvalue weighted by atomic mass is 19.4. The molecule has 2 N–H and O–H groups in total. The number of Topliss-reactive ketones (excluding diaryl/α,β-unsaturated/α-hetero) is 2. The zero-order valence-corrected chi connectivity index (χ0v) is 19.1. The number of para-hydroxylation sites is 1. The van der Waals surface area contributed by atoms with E-state index in [9.17, 15) is 27.6 Å². The van der Waals surface area contributed by atoms with E-state index in [1.807, 2.05) is 0 Å². The van der Waals surface area contributed by atoms with Gasteiger partial charge in [0, 0.05) is 44.0 Å². The van der Waals surface area contributed by atoms with E-state index in [1.165, 1.54) is 18.2 Å². The van der Waals surface area contributed by atoms with Crippen molar-refractivity contribution >= 4 is 28.8 Å². The van der Waals surface area contributed by atoms with Crippen LogP contribution in [-0.4, -0.2) is 30.7 Å². The molecule has 2 fully saturated rings. The largest absolute Gasteiger partial charge is 0.418 e. The number of ketones is 2. The Labute approximate surface area is 201 Å². The fourth-order valence-corrected chi connectivity index (χ4v) is 4.64. The van der Waals surface area contributed by atoms with Crippen LogP contribution in [0.15, 0.2) is 48.5 Å². The van der Waals surface area contributed by atoms with Crippen molar-refractivity contribution in [3.05, 3.63) is 59.7 Å². The molecule has 0 spiro atoms. The summed E-state index contributed by atoms with van der Waals surface area (Å²) in [6.07, 6.45) is -2.76. The molecule has 4 rings (SSSR count). The number of carbonyl (C=O) groups excluding carboxylic acids is 3. The first-order chi connectivity index (χ1) is 16.7. The van der Waals surface area contributed by atoms with Crippen LogP contribution in [0.25, 0.3) is 0 Å². The first-order valence-electron chi connectivity index (χ1n) is 11.6. The van der Waals surface area contributed by atoms with Gasteiger partial charge in [0.15, 0.2) is 0 Å². The molecule has 2 aliphatic rings. The van der Waals surface area contributed by atoms with Crippen LogP contribution >= 0.6 is 0 Å². The minimum Gasteiger partial charge on any atom is -0.380 e. The smallest absolute Gasteiger partial charge is 0.380 e. The van der Waals surface area contributed by atoms with E-state index < -0.39 is 17.2 Å². The van der Waals surface area contributed by atoms with Gasteiger partial charge in [0.1, 0.15) is 11.6 Å². The van der Waals surface area contributed by atoms with Gasteiger partial charge in [-0.05, 0) is 42.7 Å². The van der Waals surface area contributed by atoms with E-state index >= 15 is 0 Å². The van der Waals surface area contributed by atoms with Crippen LogP contribution in [0.3, 0.4) is 0 Å². The van der Waals surface area contributed by atoms with Gasteiger partial charge < -0.3 is 15.4 Å². The average molecular weight is 489 g/mol. The van der Waals surface area contributed by atoms with Crippen LogP contribution in [0.4, 0.5) is 24.5 Å². The Balaban J connectivity index is 1.36. The number of nitrogens with one attached hydrogen (secondary N) is 2. The van der Waals surface area contributed by atoms with Gasteiger partial charge in [-0.3, -0.25) is 14.4 Å². The number of rotatable bonds is 8. The minimum absolute atomic E-state index is 0.0437. The van der Waals surface area contributed by atoms with Gasteiger partial charge >= 0.3 is 6.18 Å². The minimum atomic E-state index is -4.47. The quantitative estimate of drug-likeness (QED) is 0.558. The monoisotopic (exact) mass is 488 g/mol. The Morgan fingerprint density at radius 3 is 2.46 bits per heavy atom.